The van der Waals surface area contributed by atoms with Crippen LogP contribution in [0.15, 0.2) is 53.4 Å². The van der Waals surface area contributed by atoms with E-state index in [9.17, 15) is 12.8 Å². The predicted molar refractivity (Wildman–Crippen MR) is 112 cm³/mol. The van der Waals surface area contributed by atoms with Crippen LogP contribution in [0.5, 0.6) is 5.75 Å². The van der Waals surface area contributed by atoms with Gasteiger partial charge in [0.25, 0.3) is 0 Å². The number of rotatable bonds is 4. The first kappa shape index (κ1) is 20.0. The molecule has 0 bridgehead atoms. The van der Waals surface area contributed by atoms with Gasteiger partial charge in [0, 0.05) is 26.2 Å². The molecule has 5 rings (SSSR count). The summed E-state index contributed by atoms with van der Waals surface area (Å²) in [6.07, 6.45) is 3.52. The third-order valence-corrected chi connectivity index (χ3v) is 8.37. The van der Waals surface area contributed by atoms with Crippen LogP contribution in [0.2, 0.25) is 0 Å². The number of hydrogen-bond acceptors (Lipinski definition) is 4. The average molecular weight is 431 g/mol. The van der Waals surface area contributed by atoms with Crippen LogP contribution in [0.25, 0.3) is 0 Å². The zero-order valence-electron chi connectivity index (χ0n) is 16.9. The Hall–Kier alpha value is -1.96. The van der Waals surface area contributed by atoms with Gasteiger partial charge in [-0.1, -0.05) is 24.3 Å². The quantitative estimate of drug-likeness (QED) is 0.743. The van der Waals surface area contributed by atoms with Gasteiger partial charge in [-0.2, -0.15) is 4.31 Å². The van der Waals surface area contributed by atoms with E-state index in [2.05, 4.69) is 4.90 Å². The molecule has 2 heterocycles. The van der Waals surface area contributed by atoms with E-state index in [0.717, 1.165) is 50.9 Å². The minimum absolute atomic E-state index is 0.166. The van der Waals surface area contributed by atoms with Crippen molar-refractivity contribution in [1.29, 1.82) is 0 Å². The Morgan fingerprint density at radius 1 is 0.967 bits per heavy atom. The highest BCUT2D eigenvalue weighted by molar-refractivity contribution is 7.89. The van der Waals surface area contributed by atoms with Crippen LogP contribution in [0.3, 0.4) is 0 Å². The molecule has 0 N–H and O–H groups in total. The number of hydrogen-bond donors (Lipinski definition) is 0. The lowest BCUT2D eigenvalue weighted by Gasteiger charge is -2.31. The Bertz CT molecular complexity index is 1010. The summed E-state index contributed by atoms with van der Waals surface area (Å²) in [5.74, 6) is 0.701. The van der Waals surface area contributed by atoms with Gasteiger partial charge in [-0.25, -0.2) is 12.8 Å². The van der Waals surface area contributed by atoms with Crippen LogP contribution in [-0.4, -0.2) is 49.4 Å². The molecule has 0 amide bonds. The van der Waals surface area contributed by atoms with Gasteiger partial charge in [0.05, 0.1) is 6.04 Å². The topological polar surface area (TPSA) is 49.9 Å². The largest absolute Gasteiger partial charge is 0.487 e. The molecule has 2 aromatic rings. The second-order valence-corrected chi connectivity index (χ2v) is 10.5. The van der Waals surface area contributed by atoms with E-state index in [1.165, 1.54) is 12.1 Å². The molecule has 30 heavy (non-hydrogen) atoms. The van der Waals surface area contributed by atoms with E-state index in [1.54, 1.807) is 22.5 Å². The summed E-state index contributed by atoms with van der Waals surface area (Å²) in [4.78, 5) is 2.61. The van der Waals surface area contributed by atoms with Gasteiger partial charge in [0.1, 0.15) is 22.6 Å². The highest BCUT2D eigenvalue weighted by Gasteiger charge is 2.45. The van der Waals surface area contributed by atoms with Crippen molar-refractivity contribution in [2.24, 2.45) is 5.92 Å². The van der Waals surface area contributed by atoms with Crippen molar-refractivity contribution in [3.05, 3.63) is 59.9 Å². The first-order valence-electron chi connectivity index (χ1n) is 10.7. The summed E-state index contributed by atoms with van der Waals surface area (Å²) in [6, 6.07) is 13.5. The molecule has 5 nitrogen and oxygen atoms in total. The Labute approximate surface area is 177 Å². The van der Waals surface area contributed by atoms with E-state index in [0.29, 0.717) is 23.1 Å². The molecule has 2 atom stereocenters. The van der Waals surface area contributed by atoms with Crippen LogP contribution in [0.4, 0.5) is 4.39 Å². The second-order valence-electron chi connectivity index (χ2n) is 8.67. The number of sulfonamides is 1. The number of likely N-dealkylation sites (tertiary alicyclic amines) is 1. The van der Waals surface area contributed by atoms with Crippen LogP contribution >= 0.6 is 0 Å². The van der Waals surface area contributed by atoms with Gasteiger partial charge in [0.2, 0.25) is 10.0 Å². The van der Waals surface area contributed by atoms with Crippen molar-refractivity contribution in [2.75, 3.05) is 19.6 Å². The molecular formula is C23H27FN2O3S. The molecule has 0 unspecified atom stereocenters. The summed E-state index contributed by atoms with van der Waals surface area (Å²) in [6.45, 7) is 2.91. The Balaban J connectivity index is 1.42. The summed E-state index contributed by atoms with van der Waals surface area (Å²) in [5.41, 5.74) is 1.06. The number of ether oxygens (including phenoxy) is 1. The minimum atomic E-state index is -3.59. The molecule has 7 heteroatoms. The normalized spacial score (nSPS) is 26.7. The third-order valence-electron chi connectivity index (χ3n) is 6.44. The molecule has 1 saturated carbocycles. The minimum Gasteiger partial charge on any atom is -0.487 e. The summed E-state index contributed by atoms with van der Waals surface area (Å²) < 4.78 is 48.4. The van der Waals surface area contributed by atoms with E-state index in [4.69, 9.17) is 4.74 Å². The molecule has 0 radical (unpaired) electrons. The molecule has 2 fully saturated rings. The molecule has 1 saturated heterocycles. The molecular weight excluding hydrogens is 403 g/mol. The highest BCUT2D eigenvalue weighted by Crippen LogP contribution is 2.39. The molecule has 3 aliphatic rings. The van der Waals surface area contributed by atoms with Crippen molar-refractivity contribution in [2.45, 2.75) is 49.3 Å². The lowest BCUT2D eigenvalue weighted by molar-refractivity contribution is 0.111. The number of nitrogens with zero attached hydrogens (tertiary/aromatic N) is 2. The van der Waals surface area contributed by atoms with Crippen molar-refractivity contribution in [1.82, 2.24) is 9.21 Å². The first-order valence-corrected chi connectivity index (χ1v) is 12.2. The van der Waals surface area contributed by atoms with Crippen LogP contribution < -0.4 is 4.74 Å². The van der Waals surface area contributed by atoms with Gasteiger partial charge >= 0.3 is 0 Å². The molecule has 0 spiro atoms. The van der Waals surface area contributed by atoms with E-state index >= 15 is 0 Å². The highest BCUT2D eigenvalue weighted by atomic mass is 32.2. The van der Waals surface area contributed by atoms with Crippen molar-refractivity contribution < 1.29 is 17.5 Å². The molecule has 2 aliphatic heterocycles. The van der Waals surface area contributed by atoms with Crippen molar-refractivity contribution >= 4 is 10.0 Å². The van der Waals surface area contributed by atoms with E-state index in [-0.39, 0.29) is 18.0 Å². The molecule has 1 aliphatic carbocycles. The lowest BCUT2D eigenvalue weighted by atomic mass is 10.1. The average Bonchev–Trinajstić information content (AvgIpc) is 3.57. The molecule has 160 valence electrons. The smallest absolute Gasteiger partial charge is 0.247 e. The zero-order valence-corrected chi connectivity index (χ0v) is 17.7. The van der Waals surface area contributed by atoms with Gasteiger partial charge in [-0.05, 0) is 61.4 Å². The number of fused-ring (bicyclic) bond motifs is 2. The monoisotopic (exact) mass is 430 g/mol. The standard InChI is InChI=1S/C23H27FN2O3S/c24-19-9-7-17(8-10-19)15-25-13-11-20-21(12-14-25)29-22-3-1-2-4-23(22)30(27,28)26(20)16-18-5-6-18/h1-4,7-10,18,20-21H,5-6,11-16H2/t20-,21+/m1/s1. The predicted octanol–water partition coefficient (Wildman–Crippen LogP) is 3.65. The van der Waals surface area contributed by atoms with Gasteiger partial charge in [0.15, 0.2) is 0 Å². The fourth-order valence-corrected chi connectivity index (χ4v) is 6.48. The van der Waals surface area contributed by atoms with Crippen molar-refractivity contribution in [3.8, 4) is 5.75 Å². The van der Waals surface area contributed by atoms with E-state index in [1.807, 2.05) is 18.2 Å². The zero-order chi connectivity index (χ0) is 20.7. The summed E-state index contributed by atoms with van der Waals surface area (Å²) in [7, 11) is -3.59. The number of para-hydroxylation sites is 1. The lowest BCUT2D eigenvalue weighted by Crippen LogP contribution is -2.48. The third kappa shape index (κ3) is 3.98. The van der Waals surface area contributed by atoms with Gasteiger partial charge in [-0.3, -0.25) is 4.90 Å². The Kier molecular flexibility index (Phi) is 5.29. The SMILES string of the molecule is O=S1(=O)c2ccccc2O[C@H]2CCN(Cc3ccc(F)cc3)CC[C@H]2N1CC1CC1. The molecule has 0 aromatic heterocycles. The van der Waals surface area contributed by atoms with Crippen LogP contribution in [0.1, 0.15) is 31.2 Å². The fraction of sp³-hybridized carbons (Fsp3) is 0.478. The fourth-order valence-electron chi connectivity index (χ4n) is 4.60. The van der Waals surface area contributed by atoms with E-state index < -0.39 is 10.0 Å². The Morgan fingerprint density at radius 2 is 1.70 bits per heavy atom. The van der Waals surface area contributed by atoms with Crippen molar-refractivity contribution in [3.63, 3.8) is 0 Å². The summed E-state index contributed by atoms with van der Waals surface area (Å²) in [5, 5.41) is 0. The maximum absolute atomic E-state index is 13.6. The van der Waals surface area contributed by atoms with Gasteiger partial charge in [-0.15, -0.1) is 0 Å². The first-order chi connectivity index (χ1) is 14.5. The number of benzene rings is 2. The maximum atomic E-state index is 13.6. The van der Waals surface area contributed by atoms with Crippen LogP contribution in [0, 0.1) is 11.7 Å². The second kappa shape index (κ2) is 7.94. The Morgan fingerprint density at radius 3 is 2.47 bits per heavy atom. The molecule has 2 aromatic carbocycles. The van der Waals surface area contributed by atoms with Crippen LogP contribution in [-0.2, 0) is 16.6 Å². The summed E-state index contributed by atoms with van der Waals surface area (Å²) >= 11 is 0. The van der Waals surface area contributed by atoms with Gasteiger partial charge < -0.3 is 4.74 Å². The number of halogens is 1. The maximum Gasteiger partial charge on any atom is 0.247 e.